The summed E-state index contributed by atoms with van der Waals surface area (Å²) in [5, 5.41) is 12.6. The molecule has 2 rings (SSSR count). The second kappa shape index (κ2) is 6.32. The van der Waals surface area contributed by atoms with Gasteiger partial charge in [-0.1, -0.05) is 11.8 Å². The Morgan fingerprint density at radius 2 is 2.06 bits per heavy atom. The van der Waals surface area contributed by atoms with E-state index in [1.807, 2.05) is 18.5 Å². The summed E-state index contributed by atoms with van der Waals surface area (Å²) in [5.74, 6) is 0.717. The normalized spacial score (nSPS) is 15.7. The van der Waals surface area contributed by atoms with Gasteiger partial charge in [-0.2, -0.15) is 0 Å². The van der Waals surface area contributed by atoms with E-state index in [0.717, 1.165) is 10.9 Å². The van der Waals surface area contributed by atoms with Crippen molar-refractivity contribution in [3.8, 4) is 0 Å². The molecule has 1 aromatic heterocycles. The molecule has 6 nitrogen and oxygen atoms in total. The smallest absolute Gasteiger partial charge is 0.209 e. The number of hydrogen-bond donors (Lipinski definition) is 0. The summed E-state index contributed by atoms with van der Waals surface area (Å²) in [6, 6.07) is 0.505. The molecular formula is C10H18N4O2S. The molecule has 0 saturated heterocycles. The van der Waals surface area contributed by atoms with E-state index in [9.17, 15) is 0 Å². The van der Waals surface area contributed by atoms with Crippen LogP contribution in [-0.4, -0.2) is 45.5 Å². The standard InChI is InChI=1S/C10H18N4O2S/c1-3-15-9(16-4-2)7-17-10-11-12-13-14(10)8-5-6-8/h8-9H,3-7H2,1-2H3. The van der Waals surface area contributed by atoms with E-state index < -0.39 is 0 Å². The molecule has 0 N–H and O–H groups in total. The quantitative estimate of drug-likeness (QED) is 0.520. The number of nitrogens with zero attached hydrogens (tertiary/aromatic N) is 4. The van der Waals surface area contributed by atoms with Gasteiger partial charge in [-0.25, -0.2) is 4.68 Å². The molecule has 96 valence electrons. The van der Waals surface area contributed by atoms with Gasteiger partial charge in [0, 0.05) is 13.2 Å². The van der Waals surface area contributed by atoms with Gasteiger partial charge in [0.15, 0.2) is 6.29 Å². The van der Waals surface area contributed by atoms with Crippen molar-refractivity contribution >= 4 is 11.8 Å². The highest BCUT2D eigenvalue weighted by Gasteiger charge is 2.28. The third kappa shape index (κ3) is 3.65. The molecule has 0 aromatic carbocycles. The van der Waals surface area contributed by atoms with Crippen LogP contribution < -0.4 is 0 Å². The largest absolute Gasteiger partial charge is 0.352 e. The fourth-order valence-electron chi connectivity index (χ4n) is 1.49. The molecule has 1 aromatic rings. The first-order valence-corrected chi connectivity index (χ1v) is 6.97. The third-order valence-electron chi connectivity index (χ3n) is 2.41. The van der Waals surface area contributed by atoms with Crippen LogP contribution in [0.25, 0.3) is 0 Å². The number of aromatic nitrogens is 4. The van der Waals surface area contributed by atoms with E-state index in [1.54, 1.807) is 11.8 Å². The van der Waals surface area contributed by atoms with Gasteiger partial charge >= 0.3 is 0 Å². The molecule has 1 fully saturated rings. The second-order valence-electron chi connectivity index (χ2n) is 3.79. The SMILES string of the molecule is CCOC(CSc1nnnn1C1CC1)OCC. The predicted molar refractivity (Wildman–Crippen MR) is 63.9 cm³/mol. The van der Waals surface area contributed by atoms with Crippen LogP contribution >= 0.6 is 11.8 Å². The summed E-state index contributed by atoms with van der Waals surface area (Å²) in [6.45, 7) is 5.23. The first kappa shape index (κ1) is 12.8. The van der Waals surface area contributed by atoms with E-state index >= 15 is 0 Å². The van der Waals surface area contributed by atoms with Crippen LogP contribution in [0.4, 0.5) is 0 Å². The van der Waals surface area contributed by atoms with Crippen molar-refractivity contribution in [1.29, 1.82) is 0 Å². The van der Waals surface area contributed by atoms with Crippen molar-refractivity contribution in [2.45, 2.75) is 44.2 Å². The summed E-state index contributed by atoms with van der Waals surface area (Å²) in [7, 11) is 0. The minimum atomic E-state index is -0.181. The maximum Gasteiger partial charge on any atom is 0.209 e. The zero-order valence-corrected chi connectivity index (χ0v) is 11.0. The Labute approximate surface area is 105 Å². The van der Waals surface area contributed by atoms with Crippen LogP contribution in [0.5, 0.6) is 0 Å². The Morgan fingerprint density at radius 3 is 2.65 bits per heavy atom. The molecule has 0 atom stereocenters. The lowest BCUT2D eigenvalue weighted by atomic mass is 10.7. The van der Waals surface area contributed by atoms with E-state index in [0.29, 0.717) is 19.3 Å². The highest BCUT2D eigenvalue weighted by molar-refractivity contribution is 7.99. The predicted octanol–water partition coefficient (Wildman–Crippen LogP) is 1.50. The highest BCUT2D eigenvalue weighted by atomic mass is 32.2. The second-order valence-corrected chi connectivity index (χ2v) is 4.78. The van der Waals surface area contributed by atoms with E-state index in [2.05, 4.69) is 15.5 Å². The van der Waals surface area contributed by atoms with Crippen molar-refractivity contribution in [2.75, 3.05) is 19.0 Å². The zero-order chi connectivity index (χ0) is 12.1. The fraction of sp³-hybridized carbons (Fsp3) is 0.900. The molecule has 1 heterocycles. The summed E-state index contributed by atoms with van der Waals surface area (Å²) in [6.07, 6.45) is 2.18. The Kier molecular flexibility index (Phi) is 4.75. The zero-order valence-electron chi connectivity index (χ0n) is 10.2. The molecule has 1 aliphatic carbocycles. The molecule has 0 aliphatic heterocycles. The van der Waals surface area contributed by atoms with Gasteiger partial charge in [-0.15, -0.1) is 5.10 Å². The van der Waals surface area contributed by atoms with E-state index in [1.165, 1.54) is 12.8 Å². The lowest BCUT2D eigenvalue weighted by Crippen LogP contribution is -2.20. The first-order chi connectivity index (χ1) is 8.35. The van der Waals surface area contributed by atoms with Crippen LogP contribution in [-0.2, 0) is 9.47 Å². The Morgan fingerprint density at radius 1 is 1.35 bits per heavy atom. The first-order valence-electron chi connectivity index (χ1n) is 5.99. The van der Waals surface area contributed by atoms with Gasteiger partial charge in [-0.05, 0) is 37.1 Å². The van der Waals surface area contributed by atoms with Gasteiger partial charge in [0.25, 0.3) is 0 Å². The summed E-state index contributed by atoms with van der Waals surface area (Å²) < 4.78 is 12.9. The minimum Gasteiger partial charge on any atom is -0.352 e. The van der Waals surface area contributed by atoms with Crippen LogP contribution in [0.2, 0.25) is 0 Å². The summed E-state index contributed by atoms with van der Waals surface area (Å²) in [4.78, 5) is 0. The molecule has 0 spiro atoms. The van der Waals surface area contributed by atoms with Crippen molar-refractivity contribution in [3.05, 3.63) is 0 Å². The Balaban J connectivity index is 1.84. The molecule has 0 unspecified atom stereocenters. The maximum atomic E-state index is 5.48. The molecule has 7 heteroatoms. The lowest BCUT2D eigenvalue weighted by molar-refractivity contribution is -0.120. The molecule has 0 radical (unpaired) electrons. The van der Waals surface area contributed by atoms with Gasteiger partial charge in [0.05, 0.1) is 11.8 Å². The van der Waals surface area contributed by atoms with Crippen molar-refractivity contribution in [2.24, 2.45) is 0 Å². The van der Waals surface area contributed by atoms with Gasteiger partial charge in [-0.3, -0.25) is 0 Å². The summed E-state index contributed by atoms with van der Waals surface area (Å²) >= 11 is 1.59. The average Bonchev–Trinajstić information content (AvgIpc) is 3.06. The van der Waals surface area contributed by atoms with Crippen molar-refractivity contribution in [1.82, 2.24) is 20.2 Å². The van der Waals surface area contributed by atoms with Crippen LogP contribution in [0.15, 0.2) is 5.16 Å². The van der Waals surface area contributed by atoms with Crippen LogP contribution in [0.3, 0.4) is 0 Å². The van der Waals surface area contributed by atoms with Gasteiger partial charge < -0.3 is 9.47 Å². The minimum absolute atomic E-state index is 0.181. The fourth-order valence-corrected chi connectivity index (χ4v) is 2.38. The lowest BCUT2D eigenvalue weighted by Gasteiger charge is -2.15. The topological polar surface area (TPSA) is 62.1 Å². The van der Waals surface area contributed by atoms with Crippen molar-refractivity contribution < 1.29 is 9.47 Å². The highest BCUT2D eigenvalue weighted by Crippen LogP contribution is 2.36. The maximum absolute atomic E-state index is 5.48. The van der Waals surface area contributed by atoms with Crippen molar-refractivity contribution in [3.63, 3.8) is 0 Å². The molecule has 17 heavy (non-hydrogen) atoms. The molecular weight excluding hydrogens is 240 g/mol. The van der Waals surface area contributed by atoms with Gasteiger partial charge in [0.1, 0.15) is 0 Å². The average molecular weight is 258 g/mol. The molecule has 1 aliphatic rings. The number of ether oxygens (including phenoxy) is 2. The molecule has 1 saturated carbocycles. The monoisotopic (exact) mass is 258 g/mol. The number of rotatable bonds is 8. The van der Waals surface area contributed by atoms with Crippen LogP contribution in [0, 0.1) is 0 Å². The number of hydrogen-bond acceptors (Lipinski definition) is 6. The Bertz CT molecular complexity index is 337. The number of thioether (sulfide) groups is 1. The number of tetrazole rings is 1. The van der Waals surface area contributed by atoms with E-state index in [4.69, 9.17) is 9.47 Å². The third-order valence-corrected chi connectivity index (χ3v) is 3.37. The Hall–Kier alpha value is -0.660. The van der Waals surface area contributed by atoms with Gasteiger partial charge in [0.2, 0.25) is 5.16 Å². The van der Waals surface area contributed by atoms with Crippen LogP contribution in [0.1, 0.15) is 32.7 Å². The summed E-state index contributed by atoms with van der Waals surface area (Å²) in [5.41, 5.74) is 0. The van der Waals surface area contributed by atoms with E-state index in [-0.39, 0.29) is 6.29 Å². The molecule has 0 amide bonds. The molecule has 0 bridgehead atoms.